The van der Waals surface area contributed by atoms with Crippen molar-refractivity contribution in [3.63, 3.8) is 0 Å². The maximum Gasteiger partial charge on any atom is 0.273 e. The van der Waals surface area contributed by atoms with E-state index in [9.17, 15) is 4.79 Å². The fourth-order valence-corrected chi connectivity index (χ4v) is 1.15. The third kappa shape index (κ3) is 2.43. The third-order valence-electron chi connectivity index (χ3n) is 1.43. The van der Waals surface area contributed by atoms with E-state index in [-0.39, 0.29) is 11.6 Å². The van der Waals surface area contributed by atoms with Crippen LogP contribution in [-0.2, 0) is 7.05 Å². The zero-order valence-corrected chi connectivity index (χ0v) is 8.01. The molecule has 0 aliphatic rings. The molecule has 1 rings (SSSR count). The molecule has 0 saturated heterocycles. The van der Waals surface area contributed by atoms with Crippen LogP contribution in [-0.4, -0.2) is 28.8 Å². The number of nitrogens with two attached hydrogens (primary N) is 1. The minimum absolute atomic E-state index is 0.234. The van der Waals surface area contributed by atoms with E-state index in [0.29, 0.717) is 18.1 Å². The molecule has 0 fully saturated rings. The Labute approximate surface area is 80.9 Å². The van der Waals surface area contributed by atoms with Crippen LogP contribution in [0.25, 0.3) is 0 Å². The molecule has 13 heavy (non-hydrogen) atoms. The second-order valence-electron chi connectivity index (χ2n) is 2.54. The van der Waals surface area contributed by atoms with E-state index in [2.05, 4.69) is 10.4 Å². The number of carbonyl (C=O) groups excluding carboxylic acids is 1. The number of aryl methyl sites for hydroxylation is 1. The van der Waals surface area contributed by atoms with Crippen LogP contribution in [0.5, 0.6) is 0 Å². The maximum absolute atomic E-state index is 11.3. The minimum Gasteiger partial charge on any atom is -0.349 e. The quantitative estimate of drug-likeness (QED) is 0.711. The molecule has 1 heterocycles. The molecule has 0 bridgehead atoms. The zero-order chi connectivity index (χ0) is 9.84. The van der Waals surface area contributed by atoms with Crippen molar-refractivity contribution in [2.45, 2.75) is 0 Å². The standard InChI is InChI=1S/C7H11ClN4O/c1-12-4-5(8)6(11-12)7(13)10-3-2-9/h4H,2-3,9H2,1H3,(H,10,13). The lowest BCUT2D eigenvalue weighted by molar-refractivity contribution is 0.0949. The van der Waals surface area contributed by atoms with E-state index in [1.165, 1.54) is 4.68 Å². The molecule has 1 amide bonds. The van der Waals surface area contributed by atoms with E-state index >= 15 is 0 Å². The normalized spacial score (nSPS) is 10.1. The average molecular weight is 203 g/mol. The van der Waals surface area contributed by atoms with Crippen molar-refractivity contribution in [2.75, 3.05) is 13.1 Å². The Morgan fingerprint density at radius 3 is 3.00 bits per heavy atom. The molecule has 0 aromatic carbocycles. The summed E-state index contributed by atoms with van der Waals surface area (Å²) in [4.78, 5) is 11.3. The molecular weight excluding hydrogens is 192 g/mol. The lowest BCUT2D eigenvalue weighted by Crippen LogP contribution is -2.29. The summed E-state index contributed by atoms with van der Waals surface area (Å²) >= 11 is 5.74. The van der Waals surface area contributed by atoms with Gasteiger partial charge >= 0.3 is 0 Å². The van der Waals surface area contributed by atoms with E-state index in [1.54, 1.807) is 13.2 Å². The Bertz CT molecular complexity index is 309. The molecule has 3 N–H and O–H groups in total. The van der Waals surface area contributed by atoms with E-state index in [0.717, 1.165) is 0 Å². The van der Waals surface area contributed by atoms with Crippen LogP contribution < -0.4 is 11.1 Å². The van der Waals surface area contributed by atoms with Crippen LogP contribution in [0.2, 0.25) is 5.02 Å². The van der Waals surface area contributed by atoms with Crippen LogP contribution >= 0.6 is 11.6 Å². The molecule has 0 spiro atoms. The van der Waals surface area contributed by atoms with E-state index in [4.69, 9.17) is 17.3 Å². The van der Waals surface area contributed by atoms with E-state index in [1.807, 2.05) is 0 Å². The first-order valence-corrected chi connectivity index (χ1v) is 4.20. The van der Waals surface area contributed by atoms with Gasteiger partial charge in [-0.1, -0.05) is 11.6 Å². The molecule has 72 valence electrons. The van der Waals surface area contributed by atoms with Crippen LogP contribution in [0, 0.1) is 0 Å². The molecule has 5 nitrogen and oxygen atoms in total. The number of hydrogen-bond donors (Lipinski definition) is 2. The average Bonchev–Trinajstić information content (AvgIpc) is 2.41. The van der Waals surface area contributed by atoms with Gasteiger partial charge < -0.3 is 11.1 Å². The van der Waals surface area contributed by atoms with E-state index < -0.39 is 0 Å². The fourth-order valence-electron chi connectivity index (χ4n) is 0.883. The van der Waals surface area contributed by atoms with Crippen LogP contribution in [0.4, 0.5) is 0 Å². The topological polar surface area (TPSA) is 72.9 Å². The lowest BCUT2D eigenvalue weighted by atomic mass is 10.4. The summed E-state index contributed by atoms with van der Waals surface area (Å²) in [7, 11) is 1.70. The van der Waals surface area contributed by atoms with Gasteiger partial charge in [0.2, 0.25) is 0 Å². The summed E-state index contributed by atoms with van der Waals surface area (Å²) in [5.41, 5.74) is 5.46. The van der Waals surface area contributed by atoms with Gasteiger partial charge in [0.1, 0.15) is 0 Å². The van der Waals surface area contributed by atoms with Gasteiger partial charge in [0.25, 0.3) is 5.91 Å². The lowest BCUT2D eigenvalue weighted by Gasteiger charge is -1.99. The summed E-state index contributed by atoms with van der Waals surface area (Å²) in [5, 5.41) is 6.82. The van der Waals surface area contributed by atoms with Crippen molar-refractivity contribution in [1.29, 1.82) is 0 Å². The Kier molecular flexibility index (Phi) is 3.27. The number of hydrogen-bond acceptors (Lipinski definition) is 3. The summed E-state index contributed by atoms with van der Waals surface area (Å²) in [6.07, 6.45) is 1.57. The molecule has 0 radical (unpaired) electrons. The highest BCUT2D eigenvalue weighted by Gasteiger charge is 2.13. The molecule has 0 saturated carbocycles. The predicted molar refractivity (Wildman–Crippen MR) is 49.6 cm³/mol. The van der Waals surface area contributed by atoms with Crippen LogP contribution in [0.15, 0.2) is 6.20 Å². The highest BCUT2D eigenvalue weighted by Crippen LogP contribution is 2.12. The highest BCUT2D eigenvalue weighted by atomic mass is 35.5. The Morgan fingerprint density at radius 1 is 1.85 bits per heavy atom. The second-order valence-corrected chi connectivity index (χ2v) is 2.95. The van der Waals surface area contributed by atoms with Crippen molar-refractivity contribution >= 4 is 17.5 Å². The first-order valence-electron chi connectivity index (χ1n) is 3.82. The predicted octanol–water partition coefficient (Wildman–Crippen LogP) is -0.238. The van der Waals surface area contributed by atoms with Crippen LogP contribution in [0.1, 0.15) is 10.5 Å². The fraction of sp³-hybridized carbons (Fsp3) is 0.429. The first-order chi connectivity index (χ1) is 6.15. The molecular formula is C7H11ClN4O. The summed E-state index contributed by atoms with van der Waals surface area (Å²) in [6.45, 7) is 0.821. The zero-order valence-electron chi connectivity index (χ0n) is 7.25. The van der Waals surface area contributed by atoms with Gasteiger partial charge in [-0.2, -0.15) is 5.10 Å². The molecule has 1 aromatic rings. The summed E-state index contributed by atoms with van der Waals surface area (Å²) in [5.74, 6) is -0.295. The third-order valence-corrected chi connectivity index (χ3v) is 1.71. The number of rotatable bonds is 3. The van der Waals surface area contributed by atoms with Gasteiger partial charge in [0.15, 0.2) is 5.69 Å². The molecule has 0 aliphatic heterocycles. The Morgan fingerprint density at radius 2 is 2.54 bits per heavy atom. The largest absolute Gasteiger partial charge is 0.349 e. The Balaban J connectivity index is 2.70. The van der Waals surface area contributed by atoms with Gasteiger partial charge in [-0.15, -0.1) is 0 Å². The van der Waals surface area contributed by atoms with Crippen molar-refractivity contribution in [2.24, 2.45) is 12.8 Å². The molecule has 0 aliphatic carbocycles. The number of nitrogens with one attached hydrogen (secondary N) is 1. The van der Waals surface area contributed by atoms with Gasteiger partial charge in [-0.3, -0.25) is 9.48 Å². The first kappa shape index (κ1) is 10.0. The number of amides is 1. The molecule has 0 unspecified atom stereocenters. The molecule has 6 heteroatoms. The number of aromatic nitrogens is 2. The van der Waals surface area contributed by atoms with Crippen molar-refractivity contribution in [1.82, 2.24) is 15.1 Å². The van der Waals surface area contributed by atoms with Crippen molar-refractivity contribution < 1.29 is 4.79 Å². The molecule has 1 aromatic heterocycles. The smallest absolute Gasteiger partial charge is 0.273 e. The summed E-state index contributed by atoms with van der Waals surface area (Å²) < 4.78 is 1.49. The van der Waals surface area contributed by atoms with Gasteiger partial charge in [0, 0.05) is 26.3 Å². The molecule has 0 atom stereocenters. The van der Waals surface area contributed by atoms with Crippen LogP contribution in [0.3, 0.4) is 0 Å². The van der Waals surface area contributed by atoms with Gasteiger partial charge in [-0.25, -0.2) is 0 Å². The number of carbonyl (C=O) groups is 1. The number of nitrogens with zero attached hydrogens (tertiary/aromatic N) is 2. The minimum atomic E-state index is -0.295. The van der Waals surface area contributed by atoms with Gasteiger partial charge in [-0.05, 0) is 0 Å². The monoisotopic (exact) mass is 202 g/mol. The SMILES string of the molecule is Cn1cc(Cl)c(C(=O)NCCN)n1. The maximum atomic E-state index is 11.3. The van der Waals surface area contributed by atoms with Crippen molar-refractivity contribution in [3.8, 4) is 0 Å². The second kappa shape index (κ2) is 4.25. The highest BCUT2D eigenvalue weighted by molar-refractivity contribution is 6.33. The summed E-state index contributed by atoms with van der Waals surface area (Å²) in [6, 6.07) is 0. The number of halogens is 1. The van der Waals surface area contributed by atoms with Crippen molar-refractivity contribution in [3.05, 3.63) is 16.9 Å². The van der Waals surface area contributed by atoms with Gasteiger partial charge in [0.05, 0.1) is 5.02 Å². The Hall–Kier alpha value is -1.07.